The van der Waals surface area contributed by atoms with Gasteiger partial charge in [-0.15, -0.1) is 5.10 Å². The summed E-state index contributed by atoms with van der Waals surface area (Å²) in [5, 5.41) is 24.2. The van der Waals surface area contributed by atoms with Crippen LogP contribution < -0.4 is 11.5 Å². The summed E-state index contributed by atoms with van der Waals surface area (Å²) in [6, 6.07) is -0.204. The maximum absolute atomic E-state index is 13.4. The molecule has 1 unspecified atom stereocenters. The highest BCUT2D eigenvalue weighted by molar-refractivity contribution is 5.73. The number of rotatable bonds is 7. The molecule has 2 heterocycles. The average molecular weight is 669 g/mol. The highest BCUT2D eigenvalue weighted by Crippen LogP contribution is 2.75. The number of carbonyl (C=O) groups is 1. The van der Waals surface area contributed by atoms with Crippen molar-refractivity contribution in [2.45, 2.75) is 132 Å². The molecule has 4 aliphatic carbocycles. The van der Waals surface area contributed by atoms with Crippen molar-refractivity contribution in [3.05, 3.63) is 11.6 Å². The van der Waals surface area contributed by atoms with Crippen molar-refractivity contribution in [1.82, 2.24) is 20.2 Å². The number of nitrogens with two attached hydrogens (primary N) is 2. The lowest BCUT2D eigenvalue weighted by Gasteiger charge is -2.71. The zero-order valence-corrected chi connectivity index (χ0v) is 31.6. The van der Waals surface area contributed by atoms with Gasteiger partial charge in [0.25, 0.3) is 5.95 Å². The quantitative estimate of drug-likeness (QED) is 0.275. The first-order valence-electron chi connectivity index (χ1n) is 18.6. The summed E-state index contributed by atoms with van der Waals surface area (Å²) in [4.78, 5) is 15.1. The van der Waals surface area contributed by atoms with E-state index in [0.29, 0.717) is 37.6 Å². The van der Waals surface area contributed by atoms with Gasteiger partial charge < -0.3 is 26.0 Å². The summed E-state index contributed by atoms with van der Waals surface area (Å²) in [6.45, 7) is 26.3. The summed E-state index contributed by atoms with van der Waals surface area (Å²) >= 11 is 0. The zero-order valence-electron chi connectivity index (χ0n) is 31.6. The summed E-state index contributed by atoms with van der Waals surface area (Å²) in [5.74, 6) is 0.430. The van der Waals surface area contributed by atoms with E-state index in [4.69, 9.17) is 20.9 Å². The Balaban J connectivity index is 1.44. The normalized spacial score (nSPS) is 44.5. The standard InChI is InChI=1S/C38H64N6O4/c1-22(2)23(3)33(7)16-17-35(9)24-12-13-27-34(8)19-47-21-38(27,25(24)14-15-36(35,10)28(33)30(45)46)18-26(44-42-31(39)41-43-44)29(34)48-20-37(11,40)32(4,5)6/h14,22-24,26-29H,12-13,15-21,40H2,1-11H3,(H2,39,42)(H,45,46)/t23-,24+,26-,27+,28-,29+,33-,34+,35-,36+,37+,38?/m1/s1. The maximum atomic E-state index is 13.4. The number of hydrogen-bond acceptors (Lipinski definition) is 8. The molecule has 0 spiro atoms. The molecule has 1 aliphatic heterocycles. The van der Waals surface area contributed by atoms with Crippen molar-refractivity contribution in [2.75, 3.05) is 25.6 Å². The number of nitrogen functional groups attached to an aromatic ring is 1. The lowest BCUT2D eigenvalue weighted by atomic mass is 9.34. The van der Waals surface area contributed by atoms with Crippen LogP contribution in [0.2, 0.25) is 0 Å². The molecular formula is C38H64N6O4. The number of anilines is 1. The van der Waals surface area contributed by atoms with Gasteiger partial charge in [0.15, 0.2) is 0 Å². The number of nitrogens with zero attached hydrogens (tertiary/aromatic N) is 4. The van der Waals surface area contributed by atoms with Gasteiger partial charge in [-0.1, -0.05) is 86.0 Å². The number of carboxylic acids is 1. The number of aromatic nitrogens is 4. The molecule has 0 amide bonds. The Morgan fingerprint density at radius 2 is 1.79 bits per heavy atom. The molecule has 5 N–H and O–H groups in total. The van der Waals surface area contributed by atoms with E-state index >= 15 is 0 Å². The highest BCUT2D eigenvalue weighted by Gasteiger charge is 2.72. The molecule has 1 aromatic heterocycles. The van der Waals surface area contributed by atoms with Crippen molar-refractivity contribution in [1.29, 1.82) is 0 Å². The van der Waals surface area contributed by atoms with Crippen LogP contribution in [0.25, 0.3) is 0 Å². The number of hydrogen-bond donors (Lipinski definition) is 3. The predicted octanol–water partition coefficient (Wildman–Crippen LogP) is 6.53. The van der Waals surface area contributed by atoms with Crippen molar-refractivity contribution in [2.24, 2.45) is 67.8 Å². The molecule has 2 bridgehead atoms. The van der Waals surface area contributed by atoms with E-state index in [1.54, 1.807) is 4.80 Å². The van der Waals surface area contributed by atoms with E-state index in [1.807, 2.05) is 0 Å². The number of allylic oxidation sites excluding steroid dienone is 1. The third kappa shape index (κ3) is 4.80. The van der Waals surface area contributed by atoms with Crippen molar-refractivity contribution in [3.8, 4) is 0 Å². The Kier molecular flexibility index (Phi) is 8.37. The lowest BCUT2D eigenvalue weighted by Crippen LogP contribution is -2.69. The number of fused-ring (bicyclic) bond motifs is 3. The van der Waals surface area contributed by atoms with Crippen molar-refractivity contribution in [3.63, 3.8) is 0 Å². The molecule has 1 saturated heterocycles. The highest BCUT2D eigenvalue weighted by atomic mass is 16.5. The van der Waals surface area contributed by atoms with Gasteiger partial charge in [-0.05, 0) is 96.0 Å². The molecule has 0 aromatic carbocycles. The third-order valence-corrected chi connectivity index (χ3v) is 16.1. The number of tetrazole rings is 1. The maximum Gasteiger partial charge on any atom is 0.307 e. The van der Waals surface area contributed by atoms with Gasteiger partial charge in [-0.25, -0.2) is 0 Å². The van der Waals surface area contributed by atoms with Crippen LogP contribution in [0.4, 0.5) is 5.95 Å². The summed E-state index contributed by atoms with van der Waals surface area (Å²) in [6.07, 6.45) is 7.79. The average Bonchev–Trinajstić information content (AvgIpc) is 3.41. The van der Waals surface area contributed by atoms with Crippen LogP contribution in [-0.2, 0) is 14.3 Å². The Bertz CT molecular complexity index is 1450. The van der Waals surface area contributed by atoms with Gasteiger partial charge in [0.1, 0.15) is 6.04 Å². The predicted molar refractivity (Wildman–Crippen MR) is 187 cm³/mol. The molecule has 10 nitrogen and oxygen atoms in total. The molecule has 12 atom stereocenters. The minimum atomic E-state index is -0.634. The Hall–Kier alpha value is -2.04. The Labute approximate surface area is 288 Å². The molecule has 270 valence electrons. The molecule has 0 radical (unpaired) electrons. The smallest absolute Gasteiger partial charge is 0.307 e. The number of aliphatic carboxylic acids is 1. The van der Waals surface area contributed by atoms with Crippen molar-refractivity contribution < 1.29 is 19.4 Å². The summed E-state index contributed by atoms with van der Waals surface area (Å²) in [5.41, 5.74) is 12.3. The Morgan fingerprint density at radius 1 is 1.10 bits per heavy atom. The summed E-state index contributed by atoms with van der Waals surface area (Å²) in [7, 11) is 0. The fourth-order valence-corrected chi connectivity index (χ4v) is 12.0. The number of carboxylic acid groups (broad SMARTS) is 1. The van der Waals surface area contributed by atoms with Crippen molar-refractivity contribution >= 4 is 11.9 Å². The molecule has 1 aromatic rings. The molecule has 6 rings (SSSR count). The zero-order chi connectivity index (χ0) is 35.5. The minimum Gasteiger partial charge on any atom is -0.481 e. The summed E-state index contributed by atoms with van der Waals surface area (Å²) < 4.78 is 13.7. The van der Waals surface area contributed by atoms with E-state index in [1.165, 1.54) is 5.57 Å². The fourth-order valence-electron chi connectivity index (χ4n) is 12.0. The molecule has 5 aliphatic rings. The largest absolute Gasteiger partial charge is 0.481 e. The van der Waals surface area contributed by atoms with Crippen LogP contribution in [0, 0.1) is 62.1 Å². The van der Waals surface area contributed by atoms with Crippen LogP contribution >= 0.6 is 0 Å². The Morgan fingerprint density at radius 3 is 2.38 bits per heavy atom. The monoisotopic (exact) mass is 668 g/mol. The first-order valence-corrected chi connectivity index (χ1v) is 18.6. The van der Waals surface area contributed by atoms with Crippen LogP contribution in [0.5, 0.6) is 0 Å². The molecule has 4 fully saturated rings. The van der Waals surface area contributed by atoms with Crippen LogP contribution in [0.1, 0.15) is 121 Å². The van der Waals surface area contributed by atoms with Crippen LogP contribution in [0.3, 0.4) is 0 Å². The molecular weight excluding hydrogens is 604 g/mol. The number of ether oxygens (including phenoxy) is 2. The van der Waals surface area contributed by atoms with E-state index in [2.05, 4.69) is 97.6 Å². The van der Waals surface area contributed by atoms with Gasteiger partial charge in [-0.2, -0.15) is 4.80 Å². The van der Waals surface area contributed by atoms with E-state index < -0.39 is 17.4 Å². The van der Waals surface area contributed by atoms with Gasteiger partial charge in [0.05, 0.1) is 31.8 Å². The van der Waals surface area contributed by atoms with Gasteiger partial charge in [0.2, 0.25) is 0 Å². The third-order valence-electron chi connectivity index (χ3n) is 16.1. The topological polar surface area (TPSA) is 151 Å². The molecule has 48 heavy (non-hydrogen) atoms. The molecule has 3 saturated carbocycles. The van der Waals surface area contributed by atoms with E-state index in [9.17, 15) is 9.90 Å². The van der Waals surface area contributed by atoms with E-state index in [-0.39, 0.29) is 56.5 Å². The first kappa shape index (κ1) is 35.8. The van der Waals surface area contributed by atoms with Crippen LogP contribution in [0.15, 0.2) is 11.6 Å². The SMILES string of the molecule is CC(C)[C@@H](C)[C@@]1(C)CC[C@]2(C)[C@H]3CC[C@@H]4C5(COC[C@]4(C)[C@@H](OC[C@](C)(N)C(C)(C)C)[C@H](n4nnc(N)n4)C5)C3=CC[C@@]2(C)[C@@H]1C(=O)O. The van der Waals surface area contributed by atoms with Gasteiger partial charge >= 0.3 is 5.97 Å². The van der Waals surface area contributed by atoms with Gasteiger partial charge in [-0.3, -0.25) is 4.79 Å². The van der Waals surface area contributed by atoms with Crippen LogP contribution in [-0.4, -0.2) is 62.7 Å². The second-order valence-corrected chi connectivity index (χ2v) is 19.5. The first-order chi connectivity index (χ1) is 22.1. The molecule has 10 heteroatoms. The fraction of sp³-hybridized carbons (Fsp3) is 0.895. The second-order valence-electron chi connectivity index (χ2n) is 19.5. The van der Waals surface area contributed by atoms with E-state index in [0.717, 1.165) is 38.5 Å². The second kappa shape index (κ2) is 11.2. The lowest BCUT2D eigenvalue weighted by molar-refractivity contribution is -0.254. The minimum absolute atomic E-state index is 0.153. The van der Waals surface area contributed by atoms with Gasteiger partial charge in [0, 0.05) is 16.4 Å².